The molecule has 1 heterocycles. The molecule has 2 unspecified atom stereocenters. The van der Waals surface area contributed by atoms with E-state index in [1.54, 1.807) is 0 Å². The third kappa shape index (κ3) is 3.81. The number of nitrogens with two attached hydrogens (primary N) is 1. The SMILES string of the molecule is NNC(=O)C1CCC(COc2ccc(Cl)cc2[N+](=O)[O-])O1. The summed E-state index contributed by atoms with van der Waals surface area (Å²) < 4.78 is 10.9. The van der Waals surface area contributed by atoms with E-state index < -0.39 is 16.9 Å². The van der Waals surface area contributed by atoms with Gasteiger partial charge in [-0.1, -0.05) is 11.6 Å². The predicted molar refractivity (Wildman–Crippen MR) is 73.8 cm³/mol. The van der Waals surface area contributed by atoms with Gasteiger partial charge in [-0.15, -0.1) is 0 Å². The highest BCUT2D eigenvalue weighted by molar-refractivity contribution is 6.30. The van der Waals surface area contributed by atoms with Gasteiger partial charge in [-0.25, -0.2) is 5.84 Å². The van der Waals surface area contributed by atoms with Gasteiger partial charge in [-0.05, 0) is 25.0 Å². The van der Waals surface area contributed by atoms with E-state index in [0.717, 1.165) is 0 Å². The number of carbonyl (C=O) groups is 1. The van der Waals surface area contributed by atoms with Gasteiger partial charge in [0.05, 0.1) is 11.0 Å². The molecule has 1 saturated heterocycles. The van der Waals surface area contributed by atoms with Crippen LogP contribution < -0.4 is 16.0 Å². The molecule has 9 heteroatoms. The van der Waals surface area contributed by atoms with Crippen LogP contribution in [0.2, 0.25) is 5.02 Å². The van der Waals surface area contributed by atoms with E-state index in [9.17, 15) is 14.9 Å². The molecule has 0 spiro atoms. The maximum Gasteiger partial charge on any atom is 0.312 e. The van der Waals surface area contributed by atoms with Crippen molar-refractivity contribution < 1.29 is 19.2 Å². The van der Waals surface area contributed by atoms with Crippen LogP contribution in [0.1, 0.15) is 12.8 Å². The third-order valence-corrected chi connectivity index (χ3v) is 3.32. The summed E-state index contributed by atoms with van der Waals surface area (Å²) in [5, 5.41) is 11.2. The fraction of sp³-hybridized carbons (Fsp3) is 0.417. The average molecular weight is 316 g/mol. The van der Waals surface area contributed by atoms with E-state index >= 15 is 0 Å². The van der Waals surface area contributed by atoms with Crippen LogP contribution in [-0.4, -0.2) is 29.6 Å². The van der Waals surface area contributed by atoms with E-state index in [0.29, 0.717) is 12.8 Å². The van der Waals surface area contributed by atoms with Crippen molar-refractivity contribution in [1.82, 2.24) is 5.43 Å². The molecule has 1 aliphatic rings. The van der Waals surface area contributed by atoms with Crippen LogP contribution in [-0.2, 0) is 9.53 Å². The number of ether oxygens (including phenoxy) is 2. The maximum absolute atomic E-state index is 11.3. The van der Waals surface area contributed by atoms with Gasteiger partial charge in [0.2, 0.25) is 0 Å². The van der Waals surface area contributed by atoms with Crippen molar-refractivity contribution >= 4 is 23.2 Å². The standard InChI is InChI=1S/C12H14ClN3O5/c13-7-1-3-10(9(5-7)16(18)19)20-6-8-2-4-11(21-8)12(17)15-14/h1,3,5,8,11H,2,4,6,14H2,(H,15,17). The summed E-state index contributed by atoms with van der Waals surface area (Å²) in [7, 11) is 0. The smallest absolute Gasteiger partial charge is 0.312 e. The zero-order valence-electron chi connectivity index (χ0n) is 11.0. The Hall–Kier alpha value is -1.90. The number of halogens is 1. The Kier molecular flexibility index (Phi) is 4.94. The van der Waals surface area contributed by atoms with Crippen LogP contribution in [0.5, 0.6) is 5.75 Å². The van der Waals surface area contributed by atoms with Gasteiger partial charge in [0.25, 0.3) is 5.91 Å². The molecule has 3 N–H and O–H groups in total. The molecule has 0 bridgehead atoms. The number of nitro groups is 1. The highest BCUT2D eigenvalue weighted by Gasteiger charge is 2.31. The van der Waals surface area contributed by atoms with E-state index in [-0.39, 0.29) is 29.2 Å². The summed E-state index contributed by atoms with van der Waals surface area (Å²) in [6.45, 7) is 0.108. The van der Waals surface area contributed by atoms with Gasteiger partial charge in [0, 0.05) is 11.1 Å². The molecule has 1 amide bonds. The molecular weight excluding hydrogens is 302 g/mol. The van der Waals surface area contributed by atoms with Crippen molar-refractivity contribution in [1.29, 1.82) is 0 Å². The first kappa shape index (κ1) is 15.5. The minimum Gasteiger partial charge on any atom is -0.484 e. The Labute approximate surface area is 125 Å². The van der Waals surface area contributed by atoms with E-state index in [1.807, 2.05) is 5.43 Å². The Bertz CT molecular complexity index is 554. The quantitative estimate of drug-likeness (QED) is 0.364. The number of hydrogen-bond acceptors (Lipinski definition) is 6. The maximum atomic E-state index is 11.3. The Morgan fingerprint density at radius 1 is 1.57 bits per heavy atom. The number of amides is 1. The fourth-order valence-corrected chi connectivity index (χ4v) is 2.22. The van der Waals surface area contributed by atoms with Gasteiger partial charge in [-0.2, -0.15) is 0 Å². The Balaban J connectivity index is 1.95. The molecule has 1 aliphatic heterocycles. The largest absolute Gasteiger partial charge is 0.484 e. The van der Waals surface area contributed by atoms with Gasteiger partial charge in [0.1, 0.15) is 12.7 Å². The van der Waals surface area contributed by atoms with Crippen LogP contribution in [0, 0.1) is 10.1 Å². The fourth-order valence-electron chi connectivity index (χ4n) is 2.05. The molecule has 0 radical (unpaired) electrons. The van der Waals surface area contributed by atoms with E-state index in [2.05, 4.69) is 0 Å². The lowest BCUT2D eigenvalue weighted by Gasteiger charge is -2.13. The Morgan fingerprint density at radius 3 is 3.00 bits per heavy atom. The van der Waals surface area contributed by atoms with Gasteiger partial charge >= 0.3 is 5.69 Å². The lowest BCUT2D eigenvalue weighted by atomic mass is 10.2. The molecule has 0 aromatic heterocycles. The molecule has 0 saturated carbocycles. The molecular formula is C12H14ClN3O5. The normalized spacial score (nSPS) is 21.0. The van der Waals surface area contributed by atoms with Gasteiger partial charge < -0.3 is 9.47 Å². The highest BCUT2D eigenvalue weighted by Crippen LogP contribution is 2.30. The number of carbonyl (C=O) groups excluding carboxylic acids is 1. The van der Waals surface area contributed by atoms with Crippen molar-refractivity contribution in [2.24, 2.45) is 5.84 Å². The van der Waals surface area contributed by atoms with E-state index in [1.165, 1.54) is 18.2 Å². The van der Waals surface area contributed by atoms with Crippen molar-refractivity contribution in [3.8, 4) is 5.75 Å². The molecule has 2 rings (SSSR count). The van der Waals surface area contributed by atoms with Crippen molar-refractivity contribution in [2.45, 2.75) is 25.0 Å². The van der Waals surface area contributed by atoms with Crippen molar-refractivity contribution in [3.05, 3.63) is 33.3 Å². The van der Waals surface area contributed by atoms with Crippen LogP contribution in [0.15, 0.2) is 18.2 Å². The van der Waals surface area contributed by atoms with Crippen molar-refractivity contribution in [2.75, 3.05) is 6.61 Å². The topological polar surface area (TPSA) is 117 Å². The number of rotatable bonds is 5. The molecule has 21 heavy (non-hydrogen) atoms. The molecule has 114 valence electrons. The van der Waals surface area contributed by atoms with E-state index in [4.69, 9.17) is 26.9 Å². The van der Waals surface area contributed by atoms with Gasteiger partial charge in [0.15, 0.2) is 5.75 Å². The van der Waals surface area contributed by atoms with Gasteiger partial charge in [-0.3, -0.25) is 20.3 Å². The zero-order valence-corrected chi connectivity index (χ0v) is 11.7. The second kappa shape index (κ2) is 6.70. The second-order valence-corrected chi connectivity index (χ2v) is 4.95. The monoisotopic (exact) mass is 315 g/mol. The number of nitrogens with zero attached hydrogens (tertiary/aromatic N) is 1. The highest BCUT2D eigenvalue weighted by atomic mass is 35.5. The summed E-state index contributed by atoms with van der Waals surface area (Å²) in [6.07, 6.45) is 0.213. The lowest BCUT2D eigenvalue weighted by molar-refractivity contribution is -0.385. The summed E-state index contributed by atoms with van der Waals surface area (Å²) in [4.78, 5) is 21.7. The molecule has 1 fully saturated rings. The lowest BCUT2D eigenvalue weighted by Crippen LogP contribution is -2.39. The first-order chi connectivity index (χ1) is 10.0. The number of hydrogen-bond donors (Lipinski definition) is 2. The number of nitro benzene ring substituents is 1. The van der Waals surface area contributed by atoms with Crippen LogP contribution >= 0.6 is 11.6 Å². The average Bonchev–Trinajstić information content (AvgIpc) is 2.93. The van der Waals surface area contributed by atoms with Crippen LogP contribution in [0.3, 0.4) is 0 Å². The van der Waals surface area contributed by atoms with Crippen molar-refractivity contribution in [3.63, 3.8) is 0 Å². The summed E-state index contributed by atoms with van der Waals surface area (Å²) in [5.41, 5.74) is 1.81. The number of hydrazine groups is 1. The second-order valence-electron chi connectivity index (χ2n) is 4.51. The molecule has 0 aliphatic carbocycles. The summed E-state index contributed by atoms with van der Waals surface area (Å²) >= 11 is 5.72. The van der Waals surface area contributed by atoms with Crippen LogP contribution in [0.4, 0.5) is 5.69 Å². The zero-order chi connectivity index (χ0) is 15.4. The van der Waals surface area contributed by atoms with Crippen LogP contribution in [0.25, 0.3) is 0 Å². The molecule has 1 aromatic rings. The molecule has 1 aromatic carbocycles. The third-order valence-electron chi connectivity index (χ3n) is 3.08. The first-order valence-corrected chi connectivity index (χ1v) is 6.61. The Morgan fingerprint density at radius 2 is 2.33 bits per heavy atom. The molecule has 2 atom stereocenters. The molecule has 8 nitrogen and oxygen atoms in total. The summed E-state index contributed by atoms with van der Waals surface area (Å²) in [5.74, 6) is 4.75. The summed E-state index contributed by atoms with van der Waals surface area (Å²) in [6, 6.07) is 4.15. The predicted octanol–water partition coefficient (Wildman–Crippen LogP) is 1.16. The number of nitrogens with one attached hydrogen (secondary N) is 1. The minimum absolute atomic E-state index is 0.108. The number of benzene rings is 1. The first-order valence-electron chi connectivity index (χ1n) is 6.24. The minimum atomic E-state index is -0.608.